The first-order chi connectivity index (χ1) is 15.5. The summed E-state index contributed by atoms with van der Waals surface area (Å²) in [4.78, 5) is 21.9. The Morgan fingerprint density at radius 2 is 1.88 bits per heavy atom. The van der Waals surface area contributed by atoms with E-state index in [1.807, 2.05) is 54.6 Å². The Labute approximate surface area is 185 Å². The molecule has 0 fully saturated rings. The summed E-state index contributed by atoms with van der Waals surface area (Å²) in [5, 5.41) is 4.63. The zero-order valence-electron chi connectivity index (χ0n) is 18.1. The molecule has 7 nitrogen and oxygen atoms in total. The molecule has 0 aliphatic carbocycles. The zero-order chi connectivity index (χ0) is 22.2. The van der Waals surface area contributed by atoms with Crippen LogP contribution in [0.5, 0.6) is 11.6 Å². The summed E-state index contributed by atoms with van der Waals surface area (Å²) in [5.74, 6) is 2.11. The first-order valence-electron chi connectivity index (χ1n) is 10.4. The van der Waals surface area contributed by atoms with Crippen molar-refractivity contribution < 1.29 is 14.3 Å². The van der Waals surface area contributed by atoms with Gasteiger partial charge in [-0.15, -0.1) is 5.10 Å². The van der Waals surface area contributed by atoms with Crippen LogP contribution in [0, 0.1) is 0 Å². The number of ketones is 1. The largest absolute Gasteiger partial charge is 0.497 e. The van der Waals surface area contributed by atoms with Gasteiger partial charge in [0.15, 0.2) is 17.3 Å². The van der Waals surface area contributed by atoms with Gasteiger partial charge in [-0.25, -0.2) is 14.5 Å². The summed E-state index contributed by atoms with van der Waals surface area (Å²) in [5.41, 5.74) is 4.05. The van der Waals surface area contributed by atoms with Crippen molar-refractivity contribution >= 4 is 11.4 Å². The highest BCUT2D eigenvalue weighted by Crippen LogP contribution is 2.44. The number of ether oxygens (including phenoxy) is 2. The molecule has 0 amide bonds. The van der Waals surface area contributed by atoms with E-state index in [1.165, 1.54) is 0 Å². The highest BCUT2D eigenvalue weighted by atomic mass is 16.5. The fourth-order valence-electron chi connectivity index (χ4n) is 4.22. The third kappa shape index (κ3) is 3.41. The van der Waals surface area contributed by atoms with Crippen LogP contribution in [0.1, 0.15) is 42.3 Å². The van der Waals surface area contributed by atoms with E-state index in [0.717, 1.165) is 22.4 Å². The molecule has 4 aromatic rings. The summed E-state index contributed by atoms with van der Waals surface area (Å²) in [6.45, 7) is 3.37. The number of nitrogens with zero attached hydrogens (tertiary/aromatic N) is 4. The maximum Gasteiger partial charge on any atom is 0.228 e. The predicted molar refractivity (Wildman–Crippen MR) is 119 cm³/mol. The van der Waals surface area contributed by atoms with Gasteiger partial charge in [0, 0.05) is 17.9 Å². The van der Waals surface area contributed by atoms with Crippen LogP contribution in [0.4, 0.5) is 0 Å². The molecule has 0 N–H and O–H groups in total. The lowest BCUT2D eigenvalue weighted by Gasteiger charge is -2.28. The third-order valence-corrected chi connectivity index (χ3v) is 5.67. The molecule has 0 saturated heterocycles. The molecule has 7 heteroatoms. The summed E-state index contributed by atoms with van der Waals surface area (Å²) < 4.78 is 12.9. The van der Waals surface area contributed by atoms with Gasteiger partial charge in [0.1, 0.15) is 17.8 Å². The van der Waals surface area contributed by atoms with Crippen molar-refractivity contribution in [3.8, 4) is 11.6 Å². The summed E-state index contributed by atoms with van der Waals surface area (Å²) in [6, 6.07) is 17.7. The Hall–Kier alpha value is -4.00. The number of allylic oxidation sites excluding steroid dienone is 2. The van der Waals surface area contributed by atoms with Gasteiger partial charge in [0.05, 0.1) is 12.7 Å². The molecule has 3 heterocycles. The van der Waals surface area contributed by atoms with Crippen LogP contribution < -0.4 is 9.47 Å². The zero-order valence-corrected chi connectivity index (χ0v) is 18.1. The van der Waals surface area contributed by atoms with E-state index in [1.54, 1.807) is 31.8 Å². The van der Waals surface area contributed by atoms with E-state index in [0.29, 0.717) is 35.1 Å². The molecular weight excluding hydrogens is 404 g/mol. The van der Waals surface area contributed by atoms with Gasteiger partial charge in [0.25, 0.3) is 0 Å². The highest BCUT2D eigenvalue weighted by Gasteiger charge is 2.35. The number of hydrogen-bond acceptors (Lipinski definition) is 6. The Balaban J connectivity index is 1.64. The maximum atomic E-state index is 12.6. The van der Waals surface area contributed by atoms with Crippen LogP contribution in [0.3, 0.4) is 0 Å². The fraction of sp³-hybridized carbons (Fsp3) is 0.200. The lowest BCUT2D eigenvalue weighted by Crippen LogP contribution is -2.22. The van der Waals surface area contributed by atoms with E-state index in [2.05, 4.69) is 10.1 Å². The third-order valence-electron chi connectivity index (χ3n) is 5.67. The maximum absolute atomic E-state index is 12.6. The van der Waals surface area contributed by atoms with Gasteiger partial charge in [-0.05, 0) is 37.1 Å². The molecule has 160 valence electrons. The molecule has 32 heavy (non-hydrogen) atoms. The number of carbonyl (C=O) groups excluding carboxylic acids is 1. The Bertz CT molecular complexity index is 1340. The summed E-state index contributed by atoms with van der Waals surface area (Å²) >= 11 is 0. The average molecular weight is 426 g/mol. The molecule has 1 atom stereocenters. The molecule has 2 aromatic carbocycles. The average Bonchev–Trinajstić information content (AvgIpc) is 3.21. The van der Waals surface area contributed by atoms with Crippen molar-refractivity contribution in [2.45, 2.75) is 26.2 Å². The van der Waals surface area contributed by atoms with Crippen LogP contribution in [-0.4, -0.2) is 32.5 Å². The number of carbonyl (C=O) groups is 1. The highest BCUT2D eigenvalue weighted by molar-refractivity contribution is 5.97. The van der Waals surface area contributed by atoms with Gasteiger partial charge in [-0.2, -0.15) is 0 Å². The summed E-state index contributed by atoms with van der Waals surface area (Å²) in [7, 11) is 1.64. The Morgan fingerprint density at radius 3 is 2.56 bits per heavy atom. The second-order valence-electron chi connectivity index (χ2n) is 7.76. The number of rotatable bonds is 5. The molecule has 0 spiro atoms. The van der Waals surface area contributed by atoms with E-state index in [9.17, 15) is 4.79 Å². The van der Waals surface area contributed by atoms with Crippen molar-refractivity contribution in [3.63, 3.8) is 0 Å². The van der Waals surface area contributed by atoms with Crippen molar-refractivity contribution in [1.82, 2.24) is 19.6 Å². The Morgan fingerprint density at radius 1 is 1.12 bits per heavy atom. The number of aromatic nitrogens is 4. The molecule has 5 rings (SSSR count). The number of hydrogen-bond donors (Lipinski definition) is 0. The van der Waals surface area contributed by atoms with Gasteiger partial charge in [-0.1, -0.05) is 42.5 Å². The quantitative estimate of drug-likeness (QED) is 0.478. The smallest absolute Gasteiger partial charge is 0.228 e. The van der Waals surface area contributed by atoms with Crippen molar-refractivity contribution in [2.75, 3.05) is 7.11 Å². The summed E-state index contributed by atoms with van der Waals surface area (Å²) in [6.07, 6.45) is 2.17. The first-order valence-corrected chi connectivity index (χ1v) is 10.4. The van der Waals surface area contributed by atoms with Crippen LogP contribution in [0.25, 0.3) is 5.65 Å². The molecule has 0 unspecified atom stereocenters. The van der Waals surface area contributed by atoms with Gasteiger partial charge >= 0.3 is 0 Å². The number of methoxy groups -OCH3 is 1. The van der Waals surface area contributed by atoms with Crippen LogP contribution in [-0.2, 0) is 11.2 Å². The molecule has 2 aromatic heterocycles. The second-order valence-corrected chi connectivity index (χ2v) is 7.76. The monoisotopic (exact) mass is 426 g/mol. The first kappa shape index (κ1) is 19.9. The number of Topliss-reactive ketones (excluding diaryl/α,β-unsaturated/α-hetero) is 1. The topological polar surface area (TPSA) is 78.6 Å². The normalized spacial score (nSPS) is 15.4. The molecule has 1 aliphatic rings. The van der Waals surface area contributed by atoms with Gasteiger partial charge < -0.3 is 9.47 Å². The minimum atomic E-state index is -0.327. The molecule has 0 saturated carbocycles. The minimum absolute atomic E-state index is 0.0398. The molecular formula is C25H22N4O3. The van der Waals surface area contributed by atoms with Crippen LogP contribution in [0.2, 0.25) is 0 Å². The SMILES string of the molecule is COc1ccc(Cc2nc3c4c(ncn3n2)OC(C)=C(C(C)=O)[C@@H]4c2ccccc2)cc1. The Kier molecular flexibility index (Phi) is 4.93. The van der Waals surface area contributed by atoms with E-state index >= 15 is 0 Å². The molecule has 0 radical (unpaired) electrons. The van der Waals surface area contributed by atoms with Crippen molar-refractivity contribution in [2.24, 2.45) is 0 Å². The fourth-order valence-corrected chi connectivity index (χ4v) is 4.22. The van der Waals surface area contributed by atoms with Crippen LogP contribution >= 0.6 is 0 Å². The lowest BCUT2D eigenvalue weighted by atomic mass is 9.82. The van der Waals surface area contributed by atoms with E-state index in [4.69, 9.17) is 14.5 Å². The molecule has 0 bridgehead atoms. The van der Waals surface area contributed by atoms with E-state index < -0.39 is 0 Å². The molecule has 1 aliphatic heterocycles. The number of benzene rings is 2. The van der Waals surface area contributed by atoms with Crippen LogP contribution in [0.15, 0.2) is 72.3 Å². The minimum Gasteiger partial charge on any atom is -0.497 e. The van der Waals surface area contributed by atoms with E-state index in [-0.39, 0.29) is 11.7 Å². The van der Waals surface area contributed by atoms with Crippen molar-refractivity contribution in [1.29, 1.82) is 0 Å². The lowest BCUT2D eigenvalue weighted by molar-refractivity contribution is -0.114. The predicted octanol–water partition coefficient (Wildman–Crippen LogP) is 4.11. The van der Waals surface area contributed by atoms with Crippen molar-refractivity contribution in [3.05, 3.63) is 94.8 Å². The van der Waals surface area contributed by atoms with Gasteiger partial charge in [-0.3, -0.25) is 4.79 Å². The van der Waals surface area contributed by atoms with Gasteiger partial charge in [0.2, 0.25) is 5.88 Å². The standard InChI is InChI=1S/C25H22N4O3/c1-15(30)21-16(2)32-25-23(22(21)18-7-5-4-6-8-18)24-27-20(28-29(24)14-26-25)13-17-9-11-19(31-3)12-10-17/h4-12,14,22H,13H2,1-3H3/t22-/m0/s1. The number of fused-ring (bicyclic) bond motifs is 3. The second kappa shape index (κ2) is 7.92.